The first-order valence-corrected chi connectivity index (χ1v) is 6.62. The van der Waals surface area contributed by atoms with Gasteiger partial charge in [-0.25, -0.2) is 4.39 Å². The number of hydrogen-bond acceptors (Lipinski definition) is 2. The highest BCUT2D eigenvalue weighted by Crippen LogP contribution is 2.25. The molecule has 5 heteroatoms. The van der Waals surface area contributed by atoms with Crippen LogP contribution >= 0.6 is 38.9 Å². The van der Waals surface area contributed by atoms with Crippen molar-refractivity contribution < 1.29 is 4.39 Å². The van der Waals surface area contributed by atoms with Gasteiger partial charge in [0.05, 0.1) is 11.6 Å². The van der Waals surface area contributed by atoms with E-state index >= 15 is 0 Å². The number of rotatable bonds is 3. The van der Waals surface area contributed by atoms with Gasteiger partial charge >= 0.3 is 0 Å². The average molecular weight is 321 g/mol. The van der Waals surface area contributed by atoms with Crippen molar-refractivity contribution in [2.45, 2.75) is 6.54 Å². The third-order valence-electron chi connectivity index (χ3n) is 2.06. The number of thiophene rings is 1. The van der Waals surface area contributed by atoms with Crippen LogP contribution in [0.5, 0.6) is 0 Å². The smallest absolute Gasteiger partial charge is 0.141 e. The molecule has 84 valence electrons. The topological polar surface area (TPSA) is 12.0 Å². The van der Waals surface area contributed by atoms with E-state index in [1.807, 2.05) is 11.4 Å². The summed E-state index contributed by atoms with van der Waals surface area (Å²) in [6, 6.07) is 6.61. The molecule has 0 spiro atoms. The minimum absolute atomic E-state index is 0.134. The Balaban J connectivity index is 2.05. The first kappa shape index (κ1) is 11.9. The van der Waals surface area contributed by atoms with Crippen LogP contribution in [-0.4, -0.2) is 0 Å². The lowest BCUT2D eigenvalue weighted by molar-refractivity contribution is 0.628. The second-order valence-electron chi connectivity index (χ2n) is 3.17. The van der Waals surface area contributed by atoms with Crippen molar-refractivity contribution in [1.29, 1.82) is 0 Å². The van der Waals surface area contributed by atoms with Gasteiger partial charge in [-0.1, -0.05) is 11.6 Å². The molecule has 1 nitrogen and oxygen atoms in total. The molecular formula is C11H8BrClFNS. The van der Waals surface area contributed by atoms with Crippen LogP contribution in [0.15, 0.2) is 34.1 Å². The highest BCUT2D eigenvalue weighted by atomic mass is 79.9. The molecule has 2 aromatic rings. The van der Waals surface area contributed by atoms with Gasteiger partial charge in [0, 0.05) is 15.0 Å². The number of nitrogens with one attached hydrogen (secondary N) is 1. The Morgan fingerprint density at radius 1 is 1.38 bits per heavy atom. The zero-order chi connectivity index (χ0) is 11.5. The molecule has 0 aliphatic carbocycles. The molecule has 0 saturated heterocycles. The molecular weight excluding hydrogens is 313 g/mol. The maximum atomic E-state index is 12.9. The summed E-state index contributed by atoms with van der Waals surface area (Å²) in [6.07, 6.45) is 0. The molecule has 0 amide bonds. The molecule has 0 aliphatic heterocycles. The predicted octanol–water partition coefficient (Wildman–Crippen LogP) is 4.92. The summed E-state index contributed by atoms with van der Waals surface area (Å²) in [5.41, 5.74) is 0.812. The molecule has 0 radical (unpaired) electrons. The molecule has 0 saturated carbocycles. The molecule has 0 fully saturated rings. The molecule has 0 atom stereocenters. The minimum atomic E-state index is -0.399. The SMILES string of the molecule is Fc1ccc(NCc2sccc2Br)cc1Cl. The van der Waals surface area contributed by atoms with Gasteiger partial charge in [-0.3, -0.25) is 0 Å². The zero-order valence-corrected chi connectivity index (χ0v) is 11.3. The summed E-state index contributed by atoms with van der Waals surface area (Å²) in [6.45, 7) is 0.695. The minimum Gasteiger partial charge on any atom is -0.380 e. The molecule has 1 heterocycles. The molecule has 2 rings (SSSR count). The third kappa shape index (κ3) is 2.75. The standard InChI is InChI=1S/C11H8BrClFNS/c12-8-3-4-16-11(8)6-15-7-1-2-10(14)9(13)5-7/h1-5,15H,6H2. The first-order chi connectivity index (χ1) is 7.66. The van der Waals surface area contributed by atoms with Crippen LogP contribution in [0.4, 0.5) is 10.1 Å². The van der Waals surface area contributed by atoms with E-state index in [-0.39, 0.29) is 5.02 Å². The van der Waals surface area contributed by atoms with E-state index in [2.05, 4.69) is 21.2 Å². The normalized spacial score (nSPS) is 10.4. The van der Waals surface area contributed by atoms with Gasteiger partial charge in [0.2, 0.25) is 0 Å². The van der Waals surface area contributed by atoms with Crippen molar-refractivity contribution in [3.63, 3.8) is 0 Å². The van der Waals surface area contributed by atoms with Crippen molar-refractivity contribution in [3.05, 3.63) is 49.8 Å². The second kappa shape index (κ2) is 5.17. The predicted molar refractivity (Wildman–Crippen MR) is 70.8 cm³/mol. The number of hydrogen-bond donors (Lipinski definition) is 1. The molecule has 1 N–H and O–H groups in total. The summed E-state index contributed by atoms with van der Waals surface area (Å²) < 4.78 is 14.0. The van der Waals surface area contributed by atoms with Gasteiger partial charge in [-0.15, -0.1) is 11.3 Å². The second-order valence-corrected chi connectivity index (χ2v) is 5.44. The van der Waals surface area contributed by atoms with Crippen molar-refractivity contribution in [3.8, 4) is 0 Å². The van der Waals surface area contributed by atoms with Crippen molar-refractivity contribution >= 4 is 44.6 Å². The van der Waals surface area contributed by atoms with Gasteiger partial charge in [-0.05, 0) is 45.6 Å². The van der Waals surface area contributed by atoms with Gasteiger partial charge in [-0.2, -0.15) is 0 Å². The summed E-state index contributed by atoms with van der Waals surface area (Å²) in [5, 5.41) is 5.33. The van der Waals surface area contributed by atoms with E-state index in [1.165, 1.54) is 10.9 Å². The van der Waals surface area contributed by atoms with Crippen LogP contribution in [0.25, 0.3) is 0 Å². The van der Waals surface area contributed by atoms with Crippen LogP contribution in [0.1, 0.15) is 4.88 Å². The van der Waals surface area contributed by atoms with Gasteiger partial charge in [0.1, 0.15) is 5.82 Å². The van der Waals surface area contributed by atoms with E-state index in [0.29, 0.717) is 6.54 Å². The van der Waals surface area contributed by atoms with E-state index in [0.717, 1.165) is 10.2 Å². The summed E-state index contributed by atoms with van der Waals surface area (Å²) in [7, 11) is 0. The maximum Gasteiger partial charge on any atom is 0.141 e. The van der Waals surface area contributed by atoms with E-state index in [9.17, 15) is 4.39 Å². The highest BCUT2D eigenvalue weighted by molar-refractivity contribution is 9.10. The number of benzene rings is 1. The highest BCUT2D eigenvalue weighted by Gasteiger charge is 2.03. The van der Waals surface area contributed by atoms with E-state index in [1.54, 1.807) is 23.5 Å². The molecule has 0 bridgehead atoms. The zero-order valence-electron chi connectivity index (χ0n) is 8.14. The van der Waals surface area contributed by atoms with Gasteiger partial charge in [0.25, 0.3) is 0 Å². The molecule has 0 aliphatic rings. The maximum absolute atomic E-state index is 12.9. The summed E-state index contributed by atoms with van der Waals surface area (Å²) >= 11 is 10.8. The van der Waals surface area contributed by atoms with Crippen molar-refractivity contribution in [1.82, 2.24) is 0 Å². The van der Waals surface area contributed by atoms with E-state index in [4.69, 9.17) is 11.6 Å². The fourth-order valence-corrected chi connectivity index (χ4v) is 2.85. The molecule has 1 aromatic heterocycles. The first-order valence-electron chi connectivity index (χ1n) is 4.57. The quantitative estimate of drug-likeness (QED) is 0.847. The average Bonchev–Trinajstić information content (AvgIpc) is 2.66. The fourth-order valence-electron chi connectivity index (χ4n) is 1.24. The Morgan fingerprint density at radius 2 is 2.19 bits per heavy atom. The van der Waals surface area contributed by atoms with Crippen LogP contribution < -0.4 is 5.32 Å². The van der Waals surface area contributed by atoms with Crippen LogP contribution in [-0.2, 0) is 6.54 Å². The van der Waals surface area contributed by atoms with Gasteiger partial charge < -0.3 is 5.32 Å². The number of halogens is 3. The molecule has 0 unspecified atom stereocenters. The third-order valence-corrected chi connectivity index (χ3v) is 4.28. The summed E-state index contributed by atoms with van der Waals surface area (Å²) in [5.74, 6) is -0.399. The lowest BCUT2D eigenvalue weighted by Crippen LogP contribution is -1.98. The molecule has 1 aromatic carbocycles. The van der Waals surface area contributed by atoms with Crippen molar-refractivity contribution in [2.75, 3.05) is 5.32 Å². The Labute approximate surface area is 110 Å². The molecule has 16 heavy (non-hydrogen) atoms. The van der Waals surface area contributed by atoms with Crippen LogP contribution in [0.3, 0.4) is 0 Å². The van der Waals surface area contributed by atoms with Crippen LogP contribution in [0.2, 0.25) is 5.02 Å². The monoisotopic (exact) mass is 319 g/mol. The van der Waals surface area contributed by atoms with Gasteiger partial charge in [0.15, 0.2) is 0 Å². The number of anilines is 1. The Morgan fingerprint density at radius 3 is 2.81 bits per heavy atom. The fraction of sp³-hybridized carbons (Fsp3) is 0.0909. The van der Waals surface area contributed by atoms with Crippen LogP contribution in [0, 0.1) is 5.82 Å². The Kier molecular flexibility index (Phi) is 3.84. The lowest BCUT2D eigenvalue weighted by atomic mass is 10.3. The van der Waals surface area contributed by atoms with E-state index < -0.39 is 5.82 Å². The Bertz CT molecular complexity index is 500. The summed E-state index contributed by atoms with van der Waals surface area (Å²) in [4.78, 5) is 1.19. The lowest BCUT2D eigenvalue weighted by Gasteiger charge is -2.06. The largest absolute Gasteiger partial charge is 0.380 e. The van der Waals surface area contributed by atoms with Crippen molar-refractivity contribution in [2.24, 2.45) is 0 Å². The Hall–Kier alpha value is -0.580.